The minimum Gasteiger partial charge on any atom is -0.303 e. The molecule has 2 atom stereocenters. The van der Waals surface area contributed by atoms with Crippen LogP contribution in [0.15, 0.2) is 0 Å². The first-order valence-corrected chi connectivity index (χ1v) is 6.89. The van der Waals surface area contributed by atoms with Gasteiger partial charge in [0.25, 0.3) is 0 Å². The highest BCUT2D eigenvalue weighted by Crippen LogP contribution is 2.37. The van der Waals surface area contributed by atoms with Gasteiger partial charge in [0.2, 0.25) is 0 Å². The van der Waals surface area contributed by atoms with E-state index in [2.05, 4.69) is 0 Å². The number of hydrogen-bond donors (Lipinski definition) is 0. The molecule has 0 N–H and O–H groups in total. The van der Waals surface area contributed by atoms with E-state index in [9.17, 15) is 9.59 Å². The van der Waals surface area contributed by atoms with Gasteiger partial charge >= 0.3 is 12.1 Å². The van der Waals surface area contributed by atoms with Gasteiger partial charge in [0.15, 0.2) is 0 Å². The second-order valence-electron chi connectivity index (χ2n) is 6.12. The number of nitrogens with zero attached hydrogens (tertiary/aromatic N) is 4. The minimum absolute atomic E-state index is 0.00750. The highest BCUT2D eigenvalue weighted by Gasteiger charge is 2.59. The standard InChI is InChI=1S/C13H24N4O2/c1-7-15-9-10(16(8-2)12(15)19)17(13(3,4)5)11(18)14(9)6/h9-10H,7-8H2,1-6H3/t9-,10+/m0/s1. The molecule has 6 nitrogen and oxygen atoms in total. The summed E-state index contributed by atoms with van der Waals surface area (Å²) in [6.07, 6.45) is -0.362. The van der Waals surface area contributed by atoms with Crippen molar-refractivity contribution >= 4 is 12.1 Å². The van der Waals surface area contributed by atoms with Gasteiger partial charge in [0.1, 0.15) is 12.3 Å². The molecule has 0 bridgehead atoms. The lowest BCUT2D eigenvalue weighted by Gasteiger charge is -2.38. The molecule has 2 aliphatic rings. The number of amides is 4. The Morgan fingerprint density at radius 1 is 0.947 bits per heavy atom. The van der Waals surface area contributed by atoms with E-state index in [0.29, 0.717) is 13.1 Å². The van der Waals surface area contributed by atoms with Crippen LogP contribution in [0.5, 0.6) is 0 Å². The summed E-state index contributed by atoms with van der Waals surface area (Å²) in [5.74, 6) is 0. The fraction of sp³-hybridized carbons (Fsp3) is 0.846. The SMILES string of the molecule is CCN1C(=O)N(CC)[C@H]2[C@H]1N(C(C)(C)C)C(=O)N2C. The van der Waals surface area contributed by atoms with E-state index in [1.54, 1.807) is 21.7 Å². The van der Waals surface area contributed by atoms with E-state index < -0.39 is 0 Å². The summed E-state index contributed by atoms with van der Waals surface area (Å²) in [5, 5.41) is 0. The van der Waals surface area contributed by atoms with Crippen LogP contribution in [0, 0.1) is 0 Å². The Kier molecular flexibility index (Phi) is 3.15. The molecule has 2 heterocycles. The maximum Gasteiger partial charge on any atom is 0.323 e. The zero-order valence-corrected chi connectivity index (χ0v) is 12.7. The van der Waals surface area contributed by atoms with Crippen molar-refractivity contribution in [3.8, 4) is 0 Å². The molecule has 0 spiro atoms. The van der Waals surface area contributed by atoms with Crippen LogP contribution in [0.1, 0.15) is 34.6 Å². The van der Waals surface area contributed by atoms with Crippen molar-refractivity contribution in [3.63, 3.8) is 0 Å². The van der Waals surface area contributed by atoms with Gasteiger partial charge in [-0.1, -0.05) is 0 Å². The van der Waals surface area contributed by atoms with Crippen LogP contribution in [-0.2, 0) is 0 Å². The maximum absolute atomic E-state index is 12.5. The quantitative estimate of drug-likeness (QED) is 0.763. The molecule has 108 valence electrons. The Morgan fingerprint density at radius 2 is 1.42 bits per heavy atom. The fourth-order valence-electron chi connectivity index (χ4n) is 3.12. The summed E-state index contributed by atoms with van der Waals surface area (Å²) in [5.41, 5.74) is -0.303. The van der Waals surface area contributed by atoms with Crippen molar-refractivity contribution in [3.05, 3.63) is 0 Å². The van der Waals surface area contributed by atoms with Crippen molar-refractivity contribution in [1.82, 2.24) is 19.6 Å². The molecule has 6 heteroatoms. The van der Waals surface area contributed by atoms with Crippen LogP contribution in [0.4, 0.5) is 9.59 Å². The third-order valence-electron chi connectivity index (χ3n) is 3.97. The van der Waals surface area contributed by atoms with E-state index in [4.69, 9.17) is 0 Å². The Hall–Kier alpha value is -1.46. The molecule has 2 saturated heterocycles. The predicted octanol–water partition coefficient (Wildman–Crippen LogP) is 1.58. The molecule has 0 aliphatic carbocycles. The molecule has 19 heavy (non-hydrogen) atoms. The number of carbonyl (C=O) groups excluding carboxylic acids is 2. The van der Waals surface area contributed by atoms with Gasteiger partial charge in [0, 0.05) is 25.7 Å². The lowest BCUT2D eigenvalue weighted by Crippen LogP contribution is -2.54. The van der Waals surface area contributed by atoms with Gasteiger partial charge in [-0.15, -0.1) is 0 Å². The summed E-state index contributed by atoms with van der Waals surface area (Å²) in [7, 11) is 1.78. The lowest BCUT2D eigenvalue weighted by molar-refractivity contribution is 0.0718. The monoisotopic (exact) mass is 268 g/mol. The first kappa shape index (κ1) is 14.0. The van der Waals surface area contributed by atoms with E-state index in [0.717, 1.165) is 0 Å². The average molecular weight is 268 g/mol. The van der Waals surface area contributed by atoms with E-state index in [1.807, 2.05) is 39.5 Å². The minimum atomic E-state index is -0.303. The molecule has 0 unspecified atom stereocenters. The molecular weight excluding hydrogens is 244 g/mol. The number of carbonyl (C=O) groups is 2. The topological polar surface area (TPSA) is 47.1 Å². The summed E-state index contributed by atoms with van der Waals surface area (Å²) >= 11 is 0. The third kappa shape index (κ3) is 1.76. The van der Waals surface area contributed by atoms with E-state index in [1.165, 1.54) is 0 Å². The highest BCUT2D eigenvalue weighted by atomic mass is 16.2. The van der Waals surface area contributed by atoms with Crippen LogP contribution in [0.3, 0.4) is 0 Å². The smallest absolute Gasteiger partial charge is 0.303 e. The molecule has 2 aliphatic heterocycles. The Labute approximate surface area is 114 Å². The lowest BCUT2D eigenvalue weighted by atomic mass is 10.1. The Balaban J connectivity index is 2.47. The molecule has 2 fully saturated rings. The number of fused-ring (bicyclic) bond motifs is 1. The Bertz CT molecular complexity index is 404. The fourth-order valence-corrected chi connectivity index (χ4v) is 3.12. The van der Waals surface area contributed by atoms with Crippen molar-refractivity contribution < 1.29 is 9.59 Å². The van der Waals surface area contributed by atoms with Crippen molar-refractivity contribution in [2.45, 2.75) is 52.5 Å². The molecule has 2 rings (SSSR count). The molecule has 0 saturated carbocycles. The number of rotatable bonds is 2. The molecule has 0 aromatic rings. The molecular formula is C13H24N4O2. The predicted molar refractivity (Wildman–Crippen MR) is 72.5 cm³/mol. The highest BCUT2D eigenvalue weighted by molar-refractivity contribution is 5.85. The van der Waals surface area contributed by atoms with Crippen LogP contribution >= 0.6 is 0 Å². The molecule has 0 aromatic carbocycles. The second-order valence-corrected chi connectivity index (χ2v) is 6.12. The van der Waals surface area contributed by atoms with Crippen LogP contribution < -0.4 is 0 Å². The molecule has 4 amide bonds. The van der Waals surface area contributed by atoms with Crippen LogP contribution in [-0.4, -0.2) is 69.7 Å². The largest absolute Gasteiger partial charge is 0.323 e. The third-order valence-corrected chi connectivity index (χ3v) is 3.97. The second kappa shape index (κ2) is 4.28. The van der Waals surface area contributed by atoms with Crippen molar-refractivity contribution in [2.24, 2.45) is 0 Å². The number of likely N-dealkylation sites (N-methyl/N-ethyl adjacent to an activating group) is 3. The van der Waals surface area contributed by atoms with Gasteiger partial charge in [-0.3, -0.25) is 4.90 Å². The summed E-state index contributed by atoms with van der Waals surface area (Å²) in [6.45, 7) is 11.2. The van der Waals surface area contributed by atoms with Gasteiger partial charge in [-0.25, -0.2) is 9.59 Å². The maximum atomic E-state index is 12.5. The van der Waals surface area contributed by atoms with Gasteiger partial charge < -0.3 is 14.7 Å². The van der Waals surface area contributed by atoms with E-state index >= 15 is 0 Å². The Morgan fingerprint density at radius 3 is 1.84 bits per heavy atom. The summed E-state index contributed by atoms with van der Waals surface area (Å²) in [4.78, 5) is 32.0. The van der Waals surface area contributed by atoms with Crippen LogP contribution in [0.25, 0.3) is 0 Å². The number of urea groups is 2. The first-order chi connectivity index (χ1) is 8.75. The van der Waals surface area contributed by atoms with Gasteiger partial charge in [0.05, 0.1) is 0 Å². The van der Waals surface area contributed by atoms with Crippen molar-refractivity contribution in [1.29, 1.82) is 0 Å². The summed E-state index contributed by atoms with van der Waals surface area (Å²) < 4.78 is 0. The average Bonchev–Trinajstić information content (AvgIpc) is 2.71. The van der Waals surface area contributed by atoms with E-state index in [-0.39, 0.29) is 29.9 Å². The molecule has 0 aromatic heterocycles. The van der Waals surface area contributed by atoms with Gasteiger partial charge in [-0.2, -0.15) is 0 Å². The number of hydrogen-bond acceptors (Lipinski definition) is 2. The van der Waals surface area contributed by atoms with Crippen LogP contribution in [0.2, 0.25) is 0 Å². The van der Waals surface area contributed by atoms with Gasteiger partial charge in [-0.05, 0) is 34.6 Å². The molecule has 0 radical (unpaired) electrons. The first-order valence-electron chi connectivity index (χ1n) is 6.89. The zero-order chi connectivity index (χ0) is 14.5. The zero-order valence-electron chi connectivity index (χ0n) is 12.7. The summed E-state index contributed by atoms with van der Waals surface area (Å²) in [6, 6.07) is 0.0144. The normalized spacial score (nSPS) is 27.7. The van der Waals surface area contributed by atoms with Crippen molar-refractivity contribution in [2.75, 3.05) is 20.1 Å².